The van der Waals surface area contributed by atoms with Gasteiger partial charge in [0.25, 0.3) is 0 Å². The normalized spacial score (nSPS) is 17.0. The number of rotatable bonds is 5. The summed E-state index contributed by atoms with van der Waals surface area (Å²) in [5.74, 6) is -1.95. The van der Waals surface area contributed by atoms with Gasteiger partial charge in [0.1, 0.15) is 17.0 Å². The van der Waals surface area contributed by atoms with Crippen LogP contribution < -0.4 is 10.2 Å². The van der Waals surface area contributed by atoms with Crippen molar-refractivity contribution in [3.8, 4) is 0 Å². The summed E-state index contributed by atoms with van der Waals surface area (Å²) >= 11 is 11.4. The van der Waals surface area contributed by atoms with E-state index in [4.69, 9.17) is 23.2 Å². The topological polar surface area (TPSA) is 58.1 Å². The van der Waals surface area contributed by atoms with Gasteiger partial charge in [0.2, 0.25) is 11.7 Å². The molecule has 3 rings (SSSR count). The molecule has 13 heteroatoms. The number of hydrogen-bond acceptors (Lipinski definition) is 4. The first kappa shape index (κ1) is 24.4. The molecule has 174 valence electrons. The van der Waals surface area contributed by atoms with Gasteiger partial charge >= 0.3 is 12.4 Å². The first-order valence-electron chi connectivity index (χ1n) is 9.38. The fourth-order valence-electron chi connectivity index (χ4n) is 3.39. The molecule has 1 aliphatic heterocycles. The van der Waals surface area contributed by atoms with Crippen molar-refractivity contribution in [2.45, 2.75) is 37.7 Å². The number of nitrogens with one attached hydrogen (secondary N) is 1. The number of carbonyl (C=O) groups excluding carboxylic acids is 1. The maximum absolute atomic E-state index is 13.0. The van der Waals surface area contributed by atoms with Crippen molar-refractivity contribution in [3.63, 3.8) is 0 Å². The minimum atomic E-state index is -4.79. The van der Waals surface area contributed by atoms with Crippen molar-refractivity contribution in [2.24, 2.45) is 0 Å². The molecule has 2 heterocycles. The smallest absolute Gasteiger partial charge is 0.354 e. The van der Waals surface area contributed by atoms with Gasteiger partial charge in [-0.25, -0.2) is 9.97 Å². The van der Waals surface area contributed by atoms with Crippen LogP contribution in [-0.2, 0) is 23.6 Å². The number of aromatic nitrogens is 2. The van der Waals surface area contributed by atoms with Crippen molar-refractivity contribution >= 4 is 34.9 Å². The van der Waals surface area contributed by atoms with Gasteiger partial charge in [-0.2, -0.15) is 26.3 Å². The zero-order valence-electron chi connectivity index (χ0n) is 16.2. The van der Waals surface area contributed by atoms with Gasteiger partial charge in [-0.1, -0.05) is 29.3 Å². The lowest BCUT2D eigenvalue weighted by Crippen LogP contribution is -2.44. The highest BCUT2D eigenvalue weighted by molar-refractivity contribution is 6.31. The molecular weight excluding hydrogens is 485 g/mol. The Morgan fingerprint density at radius 3 is 2.44 bits per heavy atom. The van der Waals surface area contributed by atoms with E-state index in [0.29, 0.717) is 24.9 Å². The monoisotopic (exact) mass is 500 g/mol. The number of amides is 1. The van der Waals surface area contributed by atoms with Crippen LogP contribution in [0.25, 0.3) is 0 Å². The van der Waals surface area contributed by atoms with Crippen LogP contribution in [0.5, 0.6) is 0 Å². The Bertz CT molecular complexity index is 999. The van der Waals surface area contributed by atoms with Crippen molar-refractivity contribution in [1.29, 1.82) is 0 Å². The standard InChI is InChI=1S/C19H16Cl2F6N4O/c20-12-8-10(3-4-11(12)18(22,23)24)5-6-28-16(32)13-2-1-7-31(13)15-9-14(21)29-17(30-15)19(25,26)27/h3-4,8-9,13H,1-2,5-7H2,(H,28,32)/t13-/m0/s1. The number of hydrogen-bond donors (Lipinski definition) is 1. The van der Waals surface area contributed by atoms with Crippen molar-refractivity contribution in [3.05, 3.63) is 51.4 Å². The molecule has 5 nitrogen and oxygen atoms in total. The number of halogens is 8. The van der Waals surface area contributed by atoms with Gasteiger partial charge in [-0.15, -0.1) is 0 Å². The third-order valence-electron chi connectivity index (χ3n) is 4.84. The third-order valence-corrected chi connectivity index (χ3v) is 5.34. The highest BCUT2D eigenvalue weighted by atomic mass is 35.5. The van der Waals surface area contributed by atoms with Gasteiger partial charge in [0.05, 0.1) is 10.6 Å². The number of alkyl halides is 6. The molecule has 1 saturated heterocycles. The van der Waals surface area contributed by atoms with E-state index >= 15 is 0 Å². The molecule has 0 radical (unpaired) electrons. The quantitative estimate of drug-likeness (QED) is 0.455. The summed E-state index contributed by atoms with van der Waals surface area (Å²) in [6, 6.07) is 3.71. The summed E-state index contributed by atoms with van der Waals surface area (Å²) < 4.78 is 77.3. The van der Waals surface area contributed by atoms with E-state index in [9.17, 15) is 31.1 Å². The van der Waals surface area contributed by atoms with Crippen LogP contribution in [0.1, 0.15) is 29.8 Å². The van der Waals surface area contributed by atoms with Crippen LogP contribution in [-0.4, -0.2) is 35.0 Å². The van der Waals surface area contributed by atoms with Gasteiger partial charge in [0.15, 0.2) is 0 Å². The summed E-state index contributed by atoms with van der Waals surface area (Å²) in [5.41, 5.74) is -0.459. The average Bonchev–Trinajstić information content (AvgIpc) is 3.16. The molecule has 0 saturated carbocycles. The van der Waals surface area contributed by atoms with Gasteiger partial charge < -0.3 is 10.2 Å². The molecule has 1 amide bonds. The minimum Gasteiger partial charge on any atom is -0.354 e. The Labute approximate surface area is 188 Å². The molecule has 2 aromatic rings. The van der Waals surface area contributed by atoms with Crippen LogP contribution in [0, 0.1) is 0 Å². The molecule has 1 aromatic heterocycles. The predicted molar refractivity (Wildman–Crippen MR) is 106 cm³/mol. The third kappa shape index (κ3) is 5.74. The fraction of sp³-hybridized carbons (Fsp3) is 0.421. The number of anilines is 1. The summed E-state index contributed by atoms with van der Waals surface area (Å²) in [7, 11) is 0. The van der Waals surface area contributed by atoms with Gasteiger partial charge in [-0.05, 0) is 37.0 Å². The number of carbonyl (C=O) groups is 1. The minimum absolute atomic E-state index is 0.100. The number of benzene rings is 1. The van der Waals surface area contributed by atoms with Crippen LogP contribution in [0.2, 0.25) is 10.2 Å². The van der Waals surface area contributed by atoms with E-state index < -0.39 is 45.9 Å². The zero-order chi connectivity index (χ0) is 23.7. The molecule has 1 atom stereocenters. The number of nitrogens with zero attached hydrogens (tertiary/aromatic N) is 3. The Hall–Kier alpha value is -2.27. The molecule has 0 bridgehead atoms. The first-order valence-corrected chi connectivity index (χ1v) is 10.1. The summed E-state index contributed by atoms with van der Waals surface area (Å²) in [6.07, 6.45) is -8.20. The Kier molecular flexibility index (Phi) is 7.09. The van der Waals surface area contributed by atoms with Gasteiger partial charge in [-0.3, -0.25) is 4.79 Å². The lowest BCUT2D eigenvalue weighted by Gasteiger charge is -2.25. The molecule has 1 aromatic carbocycles. The Balaban J connectivity index is 1.64. The van der Waals surface area contributed by atoms with E-state index in [0.717, 1.165) is 12.1 Å². The van der Waals surface area contributed by atoms with Crippen molar-refractivity contribution in [1.82, 2.24) is 15.3 Å². The van der Waals surface area contributed by atoms with E-state index in [1.807, 2.05) is 0 Å². The van der Waals surface area contributed by atoms with Gasteiger partial charge in [0, 0.05) is 19.2 Å². The van der Waals surface area contributed by atoms with E-state index in [1.165, 1.54) is 17.0 Å². The summed E-state index contributed by atoms with van der Waals surface area (Å²) in [5, 5.41) is 1.82. The maximum atomic E-state index is 13.0. The first-order chi connectivity index (χ1) is 14.9. The average molecular weight is 501 g/mol. The molecule has 0 unspecified atom stereocenters. The van der Waals surface area contributed by atoms with E-state index in [-0.39, 0.29) is 18.8 Å². The molecular formula is C19H16Cl2F6N4O. The molecule has 1 aliphatic rings. The van der Waals surface area contributed by atoms with Crippen molar-refractivity contribution in [2.75, 3.05) is 18.0 Å². The highest BCUT2D eigenvalue weighted by Crippen LogP contribution is 2.35. The second kappa shape index (κ2) is 9.30. The predicted octanol–water partition coefficient (Wildman–Crippen LogP) is 5.15. The Morgan fingerprint density at radius 1 is 1.09 bits per heavy atom. The van der Waals surface area contributed by atoms with Crippen molar-refractivity contribution < 1.29 is 31.1 Å². The molecule has 0 spiro atoms. The fourth-order valence-corrected chi connectivity index (χ4v) is 3.87. The van der Waals surface area contributed by atoms with E-state index in [2.05, 4.69) is 15.3 Å². The Morgan fingerprint density at radius 2 is 1.81 bits per heavy atom. The molecule has 1 fully saturated rings. The molecule has 1 N–H and O–H groups in total. The lowest BCUT2D eigenvalue weighted by atomic mass is 10.1. The highest BCUT2D eigenvalue weighted by Gasteiger charge is 2.38. The van der Waals surface area contributed by atoms with Crippen LogP contribution >= 0.6 is 23.2 Å². The van der Waals surface area contributed by atoms with E-state index in [1.54, 1.807) is 0 Å². The summed E-state index contributed by atoms with van der Waals surface area (Å²) in [4.78, 5) is 20.7. The van der Waals surface area contributed by atoms with Crippen LogP contribution in [0.4, 0.5) is 32.2 Å². The largest absolute Gasteiger partial charge is 0.451 e. The summed E-state index contributed by atoms with van der Waals surface area (Å²) in [6.45, 7) is 0.403. The van der Waals surface area contributed by atoms with Crippen LogP contribution in [0.3, 0.4) is 0 Å². The SMILES string of the molecule is O=C(NCCc1ccc(C(F)(F)F)c(Cl)c1)[C@@H]1CCCN1c1cc(Cl)nc(C(F)(F)F)n1. The second-order valence-electron chi connectivity index (χ2n) is 7.07. The lowest BCUT2D eigenvalue weighted by molar-refractivity contribution is -0.145. The zero-order valence-corrected chi connectivity index (χ0v) is 17.7. The second-order valence-corrected chi connectivity index (χ2v) is 7.87. The molecule has 32 heavy (non-hydrogen) atoms. The maximum Gasteiger partial charge on any atom is 0.451 e. The molecule has 0 aliphatic carbocycles. The van der Waals surface area contributed by atoms with Crippen LogP contribution in [0.15, 0.2) is 24.3 Å².